The molecule has 60 valence electrons. The lowest BCUT2D eigenvalue weighted by Gasteiger charge is -2.20. The molecule has 0 N–H and O–H groups in total. The van der Waals surface area contributed by atoms with E-state index >= 15 is 0 Å². The smallest absolute Gasteiger partial charge is 0.244 e. The summed E-state index contributed by atoms with van der Waals surface area (Å²) >= 11 is 0. The van der Waals surface area contributed by atoms with Gasteiger partial charge >= 0.3 is 0 Å². The van der Waals surface area contributed by atoms with E-state index in [4.69, 9.17) is 6.57 Å². The minimum Gasteiger partial charge on any atom is -0.309 e. The van der Waals surface area contributed by atoms with Gasteiger partial charge in [0.2, 0.25) is 5.54 Å². The fourth-order valence-corrected chi connectivity index (χ4v) is 1.71. The molecule has 11 heavy (non-hydrogen) atoms. The summed E-state index contributed by atoms with van der Waals surface area (Å²) < 4.78 is 0. The topological polar surface area (TPSA) is 4.36 Å². The molecule has 0 aromatic rings. The maximum Gasteiger partial charge on any atom is 0.244 e. The predicted molar refractivity (Wildman–Crippen MR) is 47.1 cm³/mol. The van der Waals surface area contributed by atoms with Crippen LogP contribution in [0.3, 0.4) is 0 Å². The molecule has 0 radical (unpaired) electrons. The maximum atomic E-state index is 7.13. The van der Waals surface area contributed by atoms with Gasteiger partial charge < -0.3 is 4.85 Å². The SMILES string of the molecule is [C-]#[N+][C@@]1(C(C)(C)C)C[C@H]1C=C. The van der Waals surface area contributed by atoms with Crippen molar-refractivity contribution in [3.05, 3.63) is 24.1 Å². The van der Waals surface area contributed by atoms with Crippen LogP contribution >= 0.6 is 0 Å². The third kappa shape index (κ3) is 0.976. The average molecular weight is 149 g/mol. The molecule has 0 aromatic heterocycles. The summed E-state index contributed by atoms with van der Waals surface area (Å²) in [4.78, 5) is 3.73. The minimum atomic E-state index is -0.130. The molecule has 1 rings (SSSR count). The quantitative estimate of drug-likeness (QED) is 0.399. The van der Waals surface area contributed by atoms with E-state index in [1.165, 1.54) is 0 Å². The van der Waals surface area contributed by atoms with Crippen LogP contribution in [0.4, 0.5) is 0 Å². The van der Waals surface area contributed by atoms with Crippen molar-refractivity contribution in [1.29, 1.82) is 0 Å². The highest BCUT2D eigenvalue weighted by atomic mass is 14.9. The van der Waals surface area contributed by atoms with E-state index in [1.807, 2.05) is 6.08 Å². The van der Waals surface area contributed by atoms with Crippen LogP contribution in [-0.2, 0) is 0 Å². The Morgan fingerprint density at radius 3 is 2.27 bits per heavy atom. The first-order valence-electron chi connectivity index (χ1n) is 3.99. The number of hydrogen-bond acceptors (Lipinski definition) is 0. The van der Waals surface area contributed by atoms with Crippen LogP contribution in [0.25, 0.3) is 4.85 Å². The van der Waals surface area contributed by atoms with Gasteiger partial charge in [-0.25, -0.2) is 6.57 Å². The minimum absolute atomic E-state index is 0.105. The first kappa shape index (κ1) is 8.33. The molecule has 2 atom stereocenters. The van der Waals surface area contributed by atoms with E-state index in [0.717, 1.165) is 6.42 Å². The molecule has 0 bridgehead atoms. The monoisotopic (exact) mass is 149 g/mol. The summed E-state index contributed by atoms with van der Waals surface area (Å²) in [5.41, 5.74) is -0.0254. The number of nitrogens with zero attached hydrogens (tertiary/aromatic N) is 1. The summed E-state index contributed by atoms with van der Waals surface area (Å²) in [5.74, 6) is 0.431. The molecule has 1 saturated carbocycles. The molecule has 1 heteroatoms. The summed E-state index contributed by atoms with van der Waals surface area (Å²) in [5, 5.41) is 0. The van der Waals surface area contributed by atoms with E-state index in [1.54, 1.807) is 0 Å². The highest BCUT2D eigenvalue weighted by molar-refractivity contribution is 5.27. The molecule has 0 amide bonds. The zero-order valence-corrected chi connectivity index (χ0v) is 7.52. The molecule has 1 aliphatic carbocycles. The van der Waals surface area contributed by atoms with Crippen LogP contribution in [0.5, 0.6) is 0 Å². The molecule has 1 fully saturated rings. The Kier molecular flexibility index (Phi) is 1.59. The summed E-state index contributed by atoms with van der Waals surface area (Å²) in [6, 6.07) is 0. The average Bonchev–Trinajstić information content (AvgIpc) is 2.60. The van der Waals surface area contributed by atoms with Crippen molar-refractivity contribution in [1.82, 2.24) is 0 Å². The zero-order valence-electron chi connectivity index (χ0n) is 7.52. The zero-order chi connectivity index (χ0) is 8.70. The second-order valence-electron chi connectivity index (χ2n) is 4.33. The Hall–Kier alpha value is -0.770. The molecular weight excluding hydrogens is 134 g/mol. The van der Waals surface area contributed by atoms with Gasteiger partial charge in [-0.2, -0.15) is 0 Å². The van der Waals surface area contributed by atoms with Crippen LogP contribution in [0.15, 0.2) is 12.7 Å². The van der Waals surface area contributed by atoms with E-state index in [-0.39, 0.29) is 11.0 Å². The van der Waals surface area contributed by atoms with Gasteiger partial charge in [-0.1, -0.05) is 26.8 Å². The van der Waals surface area contributed by atoms with Gasteiger partial charge in [0, 0.05) is 11.8 Å². The van der Waals surface area contributed by atoms with E-state index in [9.17, 15) is 0 Å². The van der Waals surface area contributed by atoms with Gasteiger partial charge in [0.25, 0.3) is 0 Å². The predicted octanol–water partition coefficient (Wildman–Crippen LogP) is 2.90. The molecule has 1 aliphatic rings. The third-order valence-corrected chi connectivity index (χ3v) is 2.77. The second-order valence-corrected chi connectivity index (χ2v) is 4.33. The molecule has 0 heterocycles. The highest BCUT2D eigenvalue weighted by Crippen LogP contribution is 2.58. The van der Waals surface area contributed by atoms with Gasteiger partial charge in [-0.15, -0.1) is 6.58 Å². The van der Waals surface area contributed by atoms with Gasteiger partial charge in [-0.3, -0.25) is 0 Å². The van der Waals surface area contributed by atoms with Crippen molar-refractivity contribution in [2.75, 3.05) is 0 Å². The van der Waals surface area contributed by atoms with Crippen molar-refractivity contribution in [3.63, 3.8) is 0 Å². The molecule has 0 unspecified atom stereocenters. The fourth-order valence-electron chi connectivity index (χ4n) is 1.71. The lowest BCUT2D eigenvalue weighted by molar-refractivity contribution is 0.329. The van der Waals surface area contributed by atoms with Crippen LogP contribution in [-0.4, -0.2) is 5.54 Å². The molecule has 1 nitrogen and oxygen atoms in total. The Labute approximate surface area is 68.9 Å². The number of rotatable bonds is 1. The lowest BCUT2D eigenvalue weighted by atomic mass is 9.83. The normalized spacial score (nSPS) is 36.0. The van der Waals surface area contributed by atoms with Crippen molar-refractivity contribution in [2.45, 2.75) is 32.7 Å². The molecular formula is C10H15N. The van der Waals surface area contributed by atoms with Crippen LogP contribution in [0, 0.1) is 17.9 Å². The summed E-state index contributed by atoms with van der Waals surface area (Å²) in [6.07, 6.45) is 2.92. The Morgan fingerprint density at radius 2 is 2.18 bits per heavy atom. The first-order valence-corrected chi connectivity index (χ1v) is 3.99. The van der Waals surface area contributed by atoms with E-state index in [0.29, 0.717) is 5.92 Å². The van der Waals surface area contributed by atoms with Crippen molar-refractivity contribution < 1.29 is 0 Å². The van der Waals surface area contributed by atoms with Crippen molar-refractivity contribution in [2.24, 2.45) is 11.3 Å². The fraction of sp³-hybridized carbons (Fsp3) is 0.700. The Morgan fingerprint density at radius 1 is 1.64 bits per heavy atom. The van der Waals surface area contributed by atoms with E-state index in [2.05, 4.69) is 32.2 Å². The summed E-state index contributed by atoms with van der Waals surface area (Å²) in [6.45, 7) is 17.3. The Balaban J connectivity index is 2.85. The van der Waals surface area contributed by atoms with Gasteiger partial charge in [-0.05, 0) is 0 Å². The highest BCUT2D eigenvalue weighted by Gasteiger charge is 2.67. The molecule has 0 aromatic carbocycles. The van der Waals surface area contributed by atoms with Crippen LogP contribution in [0.2, 0.25) is 0 Å². The standard InChI is InChI=1S/C10H15N/c1-6-8-7-10(8,11-5)9(2,3)4/h6,8H,1,7H2,2-4H3/t8-,10+/m1/s1. The molecule has 0 saturated heterocycles. The lowest BCUT2D eigenvalue weighted by Crippen LogP contribution is -2.26. The van der Waals surface area contributed by atoms with Crippen LogP contribution < -0.4 is 0 Å². The first-order chi connectivity index (χ1) is 4.98. The molecule has 0 spiro atoms. The van der Waals surface area contributed by atoms with Gasteiger partial charge in [0.1, 0.15) is 0 Å². The largest absolute Gasteiger partial charge is 0.309 e. The van der Waals surface area contributed by atoms with Crippen LogP contribution in [0.1, 0.15) is 27.2 Å². The third-order valence-electron chi connectivity index (χ3n) is 2.77. The Bertz CT molecular complexity index is 216. The second kappa shape index (κ2) is 2.11. The van der Waals surface area contributed by atoms with Gasteiger partial charge in [0.15, 0.2) is 0 Å². The van der Waals surface area contributed by atoms with Gasteiger partial charge in [0.05, 0.1) is 5.92 Å². The van der Waals surface area contributed by atoms with Crippen molar-refractivity contribution in [3.8, 4) is 0 Å². The van der Waals surface area contributed by atoms with E-state index < -0.39 is 0 Å². The summed E-state index contributed by atoms with van der Waals surface area (Å²) in [7, 11) is 0. The number of hydrogen-bond donors (Lipinski definition) is 0. The maximum absolute atomic E-state index is 7.13. The molecule has 0 aliphatic heterocycles. The van der Waals surface area contributed by atoms with Crippen molar-refractivity contribution >= 4 is 0 Å².